The van der Waals surface area contributed by atoms with Crippen LogP contribution in [0, 0.1) is 6.92 Å². The number of H-pyrrole nitrogens is 1. The zero-order valence-corrected chi connectivity index (χ0v) is 17.2. The van der Waals surface area contributed by atoms with Gasteiger partial charge in [0.15, 0.2) is 5.96 Å². The molecule has 0 spiro atoms. The van der Waals surface area contributed by atoms with Gasteiger partial charge in [0.25, 0.3) is 0 Å². The molecule has 0 amide bonds. The summed E-state index contributed by atoms with van der Waals surface area (Å²) < 4.78 is 1.86. The van der Waals surface area contributed by atoms with E-state index in [1.807, 2.05) is 17.8 Å². The Kier molecular flexibility index (Phi) is 6.86. The van der Waals surface area contributed by atoms with Gasteiger partial charge in [-0.05, 0) is 36.6 Å². The van der Waals surface area contributed by atoms with Gasteiger partial charge in [-0.2, -0.15) is 5.10 Å². The number of hydrogen-bond donors (Lipinski definition) is 3. The Morgan fingerprint density at radius 1 is 1.28 bits per heavy atom. The van der Waals surface area contributed by atoms with Gasteiger partial charge < -0.3 is 15.6 Å². The van der Waals surface area contributed by atoms with Crippen molar-refractivity contribution in [2.45, 2.75) is 19.9 Å². The molecule has 25 heavy (non-hydrogen) atoms. The van der Waals surface area contributed by atoms with Gasteiger partial charge in [0.1, 0.15) is 0 Å². The smallest absolute Gasteiger partial charge is 0.191 e. The molecule has 0 atom stereocenters. The minimum atomic E-state index is 0. The van der Waals surface area contributed by atoms with Crippen molar-refractivity contribution in [3.63, 3.8) is 0 Å². The summed E-state index contributed by atoms with van der Waals surface area (Å²) in [5.41, 5.74) is 4.95. The van der Waals surface area contributed by atoms with Crippen LogP contribution in [0.5, 0.6) is 0 Å². The molecule has 0 bridgehead atoms. The molecular weight excluding hydrogens is 427 g/mol. The van der Waals surface area contributed by atoms with Crippen molar-refractivity contribution in [3.05, 3.63) is 53.5 Å². The van der Waals surface area contributed by atoms with Crippen molar-refractivity contribution in [2.75, 3.05) is 13.6 Å². The Bertz CT molecular complexity index is 848. The molecule has 6 nitrogen and oxygen atoms in total. The molecule has 7 heteroatoms. The number of fused-ring (bicyclic) bond motifs is 1. The highest BCUT2D eigenvalue weighted by molar-refractivity contribution is 14.0. The molecule has 0 saturated heterocycles. The largest absolute Gasteiger partial charge is 0.361 e. The zero-order valence-electron chi connectivity index (χ0n) is 14.8. The number of nitrogens with zero attached hydrogens (tertiary/aromatic N) is 3. The number of rotatable bonds is 5. The summed E-state index contributed by atoms with van der Waals surface area (Å²) in [6, 6.07) is 8.35. The number of aryl methyl sites for hydroxylation is 2. The molecule has 0 radical (unpaired) electrons. The summed E-state index contributed by atoms with van der Waals surface area (Å²) in [5.74, 6) is 0.799. The van der Waals surface area contributed by atoms with E-state index in [0.29, 0.717) is 6.54 Å². The molecule has 3 rings (SSSR count). The number of guanidine groups is 1. The number of aromatic amines is 1. The third-order valence-electron chi connectivity index (χ3n) is 4.27. The molecule has 3 N–H and O–H groups in total. The monoisotopic (exact) mass is 452 g/mol. The van der Waals surface area contributed by atoms with Crippen molar-refractivity contribution in [2.24, 2.45) is 12.0 Å². The maximum atomic E-state index is 4.27. The summed E-state index contributed by atoms with van der Waals surface area (Å²) in [7, 11) is 3.72. The highest BCUT2D eigenvalue weighted by Crippen LogP contribution is 2.22. The second kappa shape index (κ2) is 8.89. The van der Waals surface area contributed by atoms with Crippen molar-refractivity contribution in [1.82, 2.24) is 25.4 Å². The van der Waals surface area contributed by atoms with Crippen molar-refractivity contribution in [3.8, 4) is 0 Å². The van der Waals surface area contributed by atoms with Gasteiger partial charge in [-0.1, -0.05) is 12.1 Å². The Morgan fingerprint density at radius 2 is 2.12 bits per heavy atom. The highest BCUT2D eigenvalue weighted by Gasteiger charge is 2.06. The summed E-state index contributed by atoms with van der Waals surface area (Å²) in [5, 5.41) is 12.2. The van der Waals surface area contributed by atoms with E-state index in [0.717, 1.165) is 24.6 Å². The predicted molar refractivity (Wildman–Crippen MR) is 114 cm³/mol. The highest BCUT2D eigenvalue weighted by atomic mass is 127. The van der Waals surface area contributed by atoms with E-state index in [1.165, 1.54) is 22.0 Å². The van der Waals surface area contributed by atoms with Gasteiger partial charge in [0, 0.05) is 43.9 Å². The normalized spacial score (nSPS) is 11.4. The maximum Gasteiger partial charge on any atom is 0.191 e. The Hall–Kier alpha value is -2.03. The first-order valence-electron chi connectivity index (χ1n) is 8.16. The number of halogens is 1. The first kappa shape index (κ1) is 19.3. The van der Waals surface area contributed by atoms with Gasteiger partial charge >= 0.3 is 0 Å². The molecule has 0 saturated carbocycles. The van der Waals surface area contributed by atoms with E-state index >= 15 is 0 Å². The van der Waals surface area contributed by atoms with Crippen LogP contribution in [0.4, 0.5) is 0 Å². The van der Waals surface area contributed by atoms with Gasteiger partial charge in [-0.25, -0.2) is 0 Å². The lowest BCUT2D eigenvalue weighted by atomic mass is 10.1. The first-order chi connectivity index (χ1) is 11.7. The van der Waals surface area contributed by atoms with Crippen LogP contribution >= 0.6 is 24.0 Å². The molecule has 2 aromatic heterocycles. The van der Waals surface area contributed by atoms with Crippen LogP contribution in [-0.2, 0) is 20.0 Å². The molecule has 0 aliphatic rings. The number of aliphatic imine (C=N–C) groups is 1. The number of hydrogen-bond acceptors (Lipinski definition) is 2. The molecule has 2 heterocycles. The number of aromatic nitrogens is 3. The molecule has 3 aromatic rings. The summed E-state index contributed by atoms with van der Waals surface area (Å²) in [4.78, 5) is 7.62. The summed E-state index contributed by atoms with van der Waals surface area (Å²) in [6.07, 6.45) is 4.84. The standard InChI is InChI=1S/C18H24N6.HI/c1-13-5-4-6-16-17(13)14(11-21-16)7-9-20-18(19-2)22-12-15-8-10-23-24(15)3;/h4-6,8,10-11,21H,7,9,12H2,1-3H3,(H2,19,20,22);1H. The minimum absolute atomic E-state index is 0. The molecule has 0 fully saturated rings. The van der Waals surface area contributed by atoms with E-state index in [-0.39, 0.29) is 24.0 Å². The predicted octanol–water partition coefficient (Wildman–Crippen LogP) is 2.74. The average molecular weight is 452 g/mol. The first-order valence-corrected chi connectivity index (χ1v) is 8.16. The van der Waals surface area contributed by atoms with E-state index in [9.17, 15) is 0 Å². The van der Waals surface area contributed by atoms with E-state index < -0.39 is 0 Å². The van der Waals surface area contributed by atoms with Crippen LogP contribution in [0.2, 0.25) is 0 Å². The van der Waals surface area contributed by atoms with E-state index in [1.54, 1.807) is 13.2 Å². The van der Waals surface area contributed by atoms with Gasteiger partial charge in [-0.15, -0.1) is 24.0 Å². The maximum absolute atomic E-state index is 4.27. The summed E-state index contributed by atoms with van der Waals surface area (Å²) in [6.45, 7) is 3.68. The lowest BCUT2D eigenvalue weighted by molar-refractivity contribution is 0.684. The topological polar surface area (TPSA) is 70.0 Å². The zero-order chi connectivity index (χ0) is 16.9. The Balaban J connectivity index is 0.00000225. The van der Waals surface area contributed by atoms with Crippen LogP contribution in [0.15, 0.2) is 41.7 Å². The van der Waals surface area contributed by atoms with E-state index in [4.69, 9.17) is 0 Å². The lowest BCUT2D eigenvalue weighted by Crippen LogP contribution is -2.38. The fourth-order valence-electron chi connectivity index (χ4n) is 2.93. The van der Waals surface area contributed by atoms with Gasteiger partial charge in [0.2, 0.25) is 0 Å². The quantitative estimate of drug-likeness (QED) is 0.317. The number of benzene rings is 1. The second-order valence-electron chi connectivity index (χ2n) is 5.86. The average Bonchev–Trinajstić information content (AvgIpc) is 3.18. The SMILES string of the molecule is CN=C(NCCc1c[nH]c2cccc(C)c12)NCc1ccnn1C.I. The molecule has 1 aromatic carbocycles. The van der Waals surface area contributed by atoms with Crippen LogP contribution in [0.3, 0.4) is 0 Å². The van der Waals surface area contributed by atoms with Crippen molar-refractivity contribution in [1.29, 1.82) is 0 Å². The van der Waals surface area contributed by atoms with Crippen LogP contribution < -0.4 is 10.6 Å². The van der Waals surface area contributed by atoms with Crippen molar-refractivity contribution >= 4 is 40.8 Å². The Labute approximate surface area is 165 Å². The fraction of sp³-hybridized carbons (Fsp3) is 0.333. The molecular formula is C18H25IN6. The molecule has 0 aliphatic heterocycles. The minimum Gasteiger partial charge on any atom is -0.361 e. The third-order valence-corrected chi connectivity index (χ3v) is 4.27. The van der Waals surface area contributed by atoms with Crippen LogP contribution in [0.1, 0.15) is 16.8 Å². The number of nitrogens with one attached hydrogen (secondary N) is 3. The van der Waals surface area contributed by atoms with Crippen LogP contribution in [0.25, 0.3) is 10.9 Å². The molecule has 0 aliphatic carbocycles. The summed E-state index contributed by atoms with van der Waals surface area (Å²) >= 11 is 0. The lowest BCUT2D eigenvalue weighted by Gasteiger charge is -2.12. The van der Waals surface area contributed by atoms with Crippen molar-refractivity contribution < 1.29 is 0 Å². The molecule has 134 valence electrons. The third kappa shape index (κ3) is 4.53. The molecule has 0 unspecified atom stereocenters. The van der Waals surface area contributed by atoms with Gasteiger partial charge in [-0.3, -0.25) is 9.67 Å². The second-order valence-corrected chi connectivity index (χ2v) is 5.86. The van der Waals surface area contributed by atoms with Crippen LogP contribution in [-0.4, -0.2) is 34.3 Å². The van der Waals surface area contributed by atoms with Gasteiger partial charge in [0.05, 0.1) is 12.2 Å². The fourth-order valence-corrected chi connectivity index (χ4v) is 2.93. The Morgan fingerprint density at radius 3 is 2.84 bits per heavy atom. The van der Waals surface area contributed by atoms with E-state index in [2.05, 4.69) is 57.0 Å².